The quantitative estimate of drug-likeness (QED) is 0.879. The van der Waals surface area contributed by atoms with Crippen LogP contribution in [0.3, 0.4) is 0 Å². The summed E-state index contributed by atoms with van der Waals surface area (Å²) in [6.07, 6.45) is 0.885. The van der Waals surface area contributed by atoms with Crippen molar-refractivity contribution in [2.75, 3.05) is 18.4 Å². The number of carbonyl (C=O) groups is 1. The lowest BCUT2D eigenvalue weighted by molar-refractivity contribution is -0.119. The fourth-order valence-electron chi connectivity index (χ4n) is 2.90. The third-order valence-corrected chi connectivity index (χ3v) is 4.41. The molecule has 3 rings (SSSR count). The Morgan fingerprint density at radius 2 is 2.08 bits per heavy atom. The zero-order valence-electron chi connectivity index (χ0n) is 15.3. The van der Waals surface area contributed by atoms with Crippen molar-refractivity contribution in [1.82, 2.24) is 15.1 Å². The first-order valence-electron chi connectivity index (χ1n) is 8.54. The highest BCUT2D eigenvalue weighted by Crippen LogP contribution is 2.27. The predicted octanol–water partition coefficient (Wildman–Crippen LogP) is 3.45. The van der Waals surface area contributed by atoms with Gasteiger partial charge in [0.25, 0.3) is 0 Å². The molecule has 2 aromatic rings. The van der Waals surface area contributed by atoms with Crippen molar-refractivity contribution in [2.45, 2.75) is 39.5 Å². The largest absolute Gasteiger partial charge is 0.316 e. The molecule has 0 bridgehead atoms. The number of carbonyl (C=O) groups excluding carboxylic acids is 1. The maximum absolute atomic E-state index is 12.5. The normalized spacial score (nSPS) is 17.2. The van der Waals surface area contributed by atoms with E-state index in [1.165, 1.54) is 0 Å². The standard InChI is InChI=1S/C19H26N4O.ClH/c1-13-6-5-7-15(10-13)23-17(11-16(22-23)19(2,3)4)21-18(24)14-8-9-20-12-14;/h5-7,10-11,14,20H,8-9,12H2,1-4H3,(H,21,24);1H. The number of anilines is 1. The molecule has 0 saturated carbocycles. The van der Waals surface area contributed by atoms with Gasteiger partial charge in [-0.2, -0.15) is 5.10 Å². The van der Waals surface area contributed by atoms with E-state index in [0.29, 0.717) is 0 Å². The average Bonchev–Trinajstić information content (AvgIpc) is 3.16. The molecule has 6 heteroatoms. The summed E-state index contributed by atoms with van der Waals surface area (Å²) in [4.78, 5) is 12.5. The SMILES string of the molecule is Cc1cccc(-n2nc(C(C)(C)C)cc2NC(=O)C2CCNC2)c1.Cl. The van der Waals surface area contributed by atoms with Gasteiger partial charge in [-0.25, -0.2) is 4.68 Å². The summed E-state index contributed by atoms with van der Waals surface area (Å²) in [6.45, 7) is 10.1. The molecule has 2 heterocycles. The summed E-state index contributed by atoms with van der Waals surface area (Å²) in [7, 11) is 0. The van der Waals surface area contributed by atoms with Crippen molar-refractivity contribution >= 4 is 24.1 Å². The highest BCUT2D eigenvalue weighted by Gasteiger charge is 2.25. The van der Waals surface area contributed by atoms with Gasteiger partial charge in [-0.1, -0.05) is 32.9 Å². The van der Waals surface area contributed by atoms with Gasteiger partial charge in [-0.3, -0.25) is 4.79 Å². The Bertz CT molecular complexity index is 742. The first-order chi connectivity index (χ1) is 11.3. The smallest absolute Gasteiger partial charge is 0.229 e. The van der Waals surface area contributed by atoms with Crippen LogP contribution in [0.15, 0.2) is 30.3 Å². The van der Waals surface area contributed by atoms with Crippen molar-refractivity contribution in [3.05, 3.63) is 41.6 Å². The van der Waals surface area contributed by atoms with E-state index in [-0.39, 0.29) is 29.6 Å². The van der Waals surface area contributed by atoms with Crippen LogP contribution in [0.5, 0.6) is 0 Å². The van der Waals surface area contributed by atoms with Crippen LogP contribution < -0.4 is 10.6 Å². The minimum Gasteiger partial charge on any atom is -0.316 e. The summed E-state index contributed by atoms with van der Waals surface area (Å²) < 4.78 is 1.84. The maximum atomic E-state index is 12.5. The monoisotopic (exact) mass is 362 g/mol. The molecule has 5 nitrogen and oxygen atoms in total. The number of rotatable bonds is 3. The fourth-order valence-corrected chi connectivity index (χ4v) is 2.90. The van der Waals surface area contributed by atoms with Crippen LogP contribution in [0, 0.1) is 12.8 Å². The molecule has 1 aromatic carbocycles. The predicted molar refractivity (Wildman–Crippen MR) is 104 cm³/mol. The van der Waals surface area contributed by atoms with Crippen molar-refractivity contribution in [1.29, 1.82) is 0 Å². The van der Waals surface area contributed by atoms with E-state index in [4.69, 9.17) is 5.10 Å². The number of benzene rings is 1. The van der Waals surface area contributed by atoms with Crippen molar-refractivity contribution in [3.63, 3.8) is 0 Å². The number of aromatic nitrogens is 2. The minimum atomic E-state index is -0.0799. The van der Waals surface area contributed by atoms with Gasteiger partial charge < -0.3 is 10.6 Å². The van der Waals surface area contributed by atoms with Crippen LogP contribution >= 0.6 is 12.4 Å². The number of hydrogen-bond donors (Lipinski definition) is 2. The highest BCUT2D eigenvalue weighted by atomic mass is 35.5. The second-order valence-electron chi connectivity index (χ2n) is 7.59. The summed E-state index contributed by atoms with van der Waals surface area (Å²) in [6, 6.07) is 10.1. The number of nitrogens with zero attached hydrogens (tertiary/aromatic N) is 2. The fraction of sp³-hybridized carbons (Fsp3) is 0.474. The Balaban J connectivity index is 0.00000225. The Labute approximate surface area is 155 Å². The topological polar surface area (TPSA) is 59.0 Å². The second-order valence-corrected chi connectivity index (χ2v) is 7.59. The van der Waals surface area contributed by atoms with Gasteiger partial charge in [0.2, 0.25) is 5.91 Å². The number of nitrogens with one attached hydrogen (secondary N) is 2. The van der Waals surface area contributed by atoms with Crippen LogP contribution in [0.2, 0.25) is 0 Å². The second kappa shape index (κ2) is 7.58. The first kappa shape index (κ1) is 19.5. The molecular formula is C19H27ClN4O. The van der Waals surface area contributed by atoms with E-state index in [9.17, 15) is 4.79 Å². The third-order valence-electron chi connectivity index (χ3n) is 4.41. The molecule has 1 aromatic heterocycles. The molecule has 1 saturated heterocycles. The summed E-state index contributed by atoms with van der Waals surface area (Å²) in [5.41, 5.74) is 3.01. The molecule has 1 aliphatic heterocycles. The Morgan fingerprint density at radius 3 is 2.68 bits per heavy atom. The lowest BCUT2D eigenvalue weighted by Gasteiger charge is -2.14. The summed E-state index contributed by atoms with van der Waals surface area (Å²) in [5, 5.41) is 11.1. The lowest BCUT2D eigenvalue weighted by Crippen LogP contribution is -2.25. The van der Waals surface area contributed by atoms with Gasteiger partial charge in [0.1, 0.15) is 5.82 Å². The zero-order valence-corrected chi connectivity index (χ0v) is 16.1. The van der Waals surface area contributed by atoms with E-state index in [1.54, 1.807) is 0 Å². The van der Waals surface area contributed by atoms with Crippen LogP contribution in [-0.2, 0) is 10.2 Å². The van der Waals surface area contributed by atoms with E-state index in [2.05, 4.69) is 50.5 Å². The highest BCUT2D eigenvalue weighted by molar-refractivity contribution is 5.92. The summed E-state index contributed by atoms with van der Waals surface area (Å²) in [5.74, 6) is 0.834. The third kappa shape index (κ3) is 4.41. The summed E-state index contributed by atoms with van der Waals surface area (Å²) >= 11 is 0. The van der Waals surface area contributed by atoms with Crippen LogP contribution in [0.1, 0.15) is 38.4 Å². The number of amides is 1. The van der Waals surface area contributed by atoms with Gasteiger partial charge in [0, 0.05) is 18.0 Å². The van der Waals surface area contributed by atoms with Gasteiger partial charge in [-0.05, 0) is 37.6 Å². The van der Waals surface area contributed by atoms with Crippen molar-refractivity contribution in [2.24, 2.45) is 5.92 Å². The average molecular weight is 363 g/mol. The van der Waals surface area contributed by atoms with Crippen molar-refractivity contribution < 1.29 is 4.79 Å². The van der Waals surface area contributed by atoms with Crippen molar-refractivity contribution in [3.8, 4) is 5.69 Å². The van der Waals surface area contributed by atoms with Gasteiger partial charge in [0.15, 0.2) is 0 Å². The minimum absolute atomic E-state index is 0. The van der Waals surface area contributed by atoms with Crippen LogP contribution in [-0.4, -0.2) is 28.8 Å². The Morgan fingerprint density at radius 1 is 1.32 bits per heavy atom. The molecule has 0 aliphatic carbocycles. The van der Waals surface area contributed by atoms with Gasteiger partial charge >= 0.3 is 0 Å². The van der Waals surface area contributed by atoms with Crippen LogP contribution in [0.25, 0.3) is 5.69 Å². The molecule has 1 fully saturated rings. The number of aryl methyl sites for hydroxylation is 1. The molecule has 136 valence electrons. The molecular weight excluding hydrogens is 336 g/mol. The van der Waals surface area contributed by atoms with E-state index < -0.39 is 0 Å². The zero-order chi connectivity index (χ0) is 17.3. The Hall–Kier alpha value is -1.85. The molecule has 25 heavy (non-hydrogen) atoms. The van der Waals surface area contributed by atoms with Gasteiger partial charge in [-0.15, -0.1) is 12.4 Å². The molecule has 2 N–H and O–H groups in total. The first-order valence-corrected chi connectivity index (χ1v) is 8.54. The number of halogens is 1. The molecule has 1 atom stereocenters. The molecule has 1 unspecified atom stereocenters. The van der Waals surface area contributed by atoms with Crippen LogP contribution in [0.4, 0.5) is 5.82 Å². The molecule has 0 spiro atoms. The lowest BCUT2D eigenvalue weighted by atomic mass is 9.92. The van der Waals surface area contributed by atoms with E-state index in [0.717, 1.165) is 42.3 Å². The molecule has 1 amide bonds. The van der Waals surface area contributed by atoms with E-state index >= 15 is 0 Å². The van der Waals surface area contributed by atoms with E-state index in [1.807, 2.05) is 22.9 Å². The Kier molecular flexibility index (Phi) is 5.91. The van der Waals surface area contributed by atoms with Gasteiger partial charge in [0.05, 0.1) is 17.3 Å². The molecule has 1 aliphatic rings. The maximum Gasteiger partial charge on any atom is 0.229 e. The number of hydrogen-bond acceptors (Lipinski definition) is 3. The molecule has 0 radical (unpaired) electrons.